The van der Waals surface area contributed by atoms with Crippen LogP contribution in [0.5, 0.6) is 17.2 Å². The number of nitrogens with zero attached hydrogens (tertiary/aromatic N) is 3. The molecule has 0 saturated heterocycles. The van der Waals surface area contributed by atoms with Gasteiger partial charge in [0.15, 0.2) is 5.69 Å². The van der Waals surface area contributed by atoms with Crippen molar-refractivity contribution in [3.63, 3.8) is 0 Å². The van der Waals surface area contributed by atoms with E-state index in [9.17, 15) is 9.18 Å². The number of amides is 1. The molecule has 35 heavy (non-hydrogen) atoms. The summed E-state index contributed by atoms with van der Waals surface area (Å²) in [5.74, 6) is 1.62. The average molecular weight is 478 g/mol. The Morgan fingerprint density at radius 1 is 0.971 bits per heavy atom. The Morgan fingerprint density at radius 3 is 2.29 bits per heavy atom. The van der Waals surface area contributed by atoms with E-state index in [1.54, 1.807) is 38.1 Å². The lowest BCUT2D eigenvalue weighted by atomic mass is 9.97. The zero-order valence-corrected chi connectivity index (χ0v) is 20.1. The van der Waals surface area contributed by atoms with Crippen LogP contribution in [0, 0.1) is 5.82 Å². The Labute approximate surface area is 203 Å². The normalized spacial score (nSPS) is 15.0. The number of fused-ring (bicyclic) bond motifs is 1. The maximum atomic E-state index is 13.5. The van der Waals surface area contributed by atoms with E-state index in [4.69, 9.17) is 14.2 Å². The van der Waals surface area contributed by atoms with Gasteiger partial charge < -0.3 is 19.1 Å². The predicted octanol–water partition coefficient (Wildman–Crippen LogP) is 4.46. The van der Waals surface area contributed by atoms with Crippen molar-refractivity contribution in [1.29, 1.82) is 0 Å². The Bertz CT molecular complexity index is 1270. The second kappa shape index (κ2) is 9.44. The standard InChI is InChI=1S/C27H28FN3O4/c1-33-20-15-23(34-2)25(24(16-20)35-3)17-11-13-30(14-12-17)27(32)26-21-5-4-6-22(21)31(29-26)19-9-7-18(28)8-10-19/h7-11,15-16H,4-6,12-14H2,1-3H3. The van der Waals surface area contributed by atoms with E-state index in [0.29, 0.717) is 42.5 Å². The van der Waals surface area contributed by atoms with Gasteiger partial charge >= 0.3 is 0 Å². The lowest BCUT2D eigenvalue weighted by molar-refractivity contribution is 0.0765. The summed E-state index contributed by atoms with van der Waals surface area (Å²) in [5.41, 5.74) is 5.26. The van der Waals surface area contributed by atoms with Crippen molar-refractivity contribution in [2.75, 3.05) is 34.4 Å². The first-order valence-corrected chi connectivity index (χ1v) is 11.7. The van der Waals surface area contributed by atoms with Crippen molar-refractivity contribution in [1.82, 2.24) is 14.7 Å². The summed E-state index contributed by atoms with van der Waals surface area (Å²) in [4.78, 5) is 15.3. The Hall–Kier alpha value is -3.81. The highest BCUT2D eigenvalue weighted by Gasteiger charge is 2.31. The second-order valence-electron chi connectivity index (χ2n) is 8.65. The summed E-state index contributed by atoms with van der Waals surface area (Å²) in [6.45, 7) is 1.02. The van der Waals surface area contributed by atoms with Crippen LogP contribution in [-0.4, -0.2) is 55.0 Å². The highest BCUT2D eigenvalue weighted by Crippen LogP contribution is 2.41. The number of hydrogen-bond donors (Lipinski definition) is 0. The van der Waals surface area contributed by atoms with Gasteiger partial charge in [-0.25, -0.2) is 9.07 Å². The van der Waals surface area contributed by atoms with Crippen molar-refractivity contribution < 1.29 is 23.4 Å². The van der Waals surface area contributed by atoms with Crippen LogP contribution in [0.15, 0.2) is 42.5 Å². The fourth-order valence-corrected chi connectivity index (χ4v) is 4.96. The van der Waals surface area contributed by atoms with E-state index in [0.717, 1.165) is 47.3 Å². The van der Waals surface area contributed by atoms with Gasteiger partial charge in [-0.2, -0.15) is 5.10 Å². The summed E-state index contributed by atoms with van der Waals surface area (Å²) < 4.78 is 31.8. The first kappa shape index (κ1) is 23.0. The Balaban J connectivity index is 1.42. The van der Waals surface area contributed by atoms with Crippen molar-refractivity contribution in [3.8, 4) is 22.9 Å². The minimum absolute atomic E-state index is 0.0760. The highest BCUT2D eigenvalue weighted by molar-refractivity contribution is 5.95. The maximum Gasteiger partial charge on any atom is 0.274 e. The van der Waals surface area contributed by atoms with Gasteiger partial charge in [0.05, 0.1) is 32.6 Å². The summed E-state index contributed by atoms with van der Waals surface area (Å²) in [6.07, 6.45) is 5.37. The van der Waals surface area contributed by atoms with E-state index in [2.05, 4.69) is 5.10 Å². The molecule has 0 bridgehead atoms. The van der Waals surface area contributed by atoms with Crippen LogP contribution in [0.3, 0.4) is 0 Å². The predicted molar refractivity (Wildman–Crippen MR) is 130 cm³/mol. The van der Waals surface area contributed by atoms with Crippen molar-refractivity contribution in [2.24, 2.45) is 0 Å². The summed E-state index contributed by atoms with van der Waals surface area (Å²) >= 11 is 0. The second-order valence-corrected chi connectivity index (χ2v) is 8.65. The maximum absolute atomic E-state index is 13.5. The molecule has 2 aromatic carbocycles. The van der Waals surface area contributed by atoms with Gasteiger partial charge in [-0.1, -0.05) is 6.08 Å². The summed E-state index contributed by atoms with van der Waals surface area (Å²) in [7, 11) is 4.84. The van der Waals surface area contributed by atoms with E-state index >= 15 is 0 Å². The number of halogens is 1. The number of ether oxygens (including phenoxy) is 3. The minimum Gasteiger partial charge on any atom is -0.496 e. The van der Waals surface area contributed by atoms with Crippen LogP contribution < -0.4 is 14.2 Å². The largest absolute Gasteiger partial charge is 0.496 e. The molecule has 2 aliphatic rings. The Morgan fingerprint density at radius 2 is 1.69 bits per heavy atom. The number of aromatic nitrogens is 2. The minimum atomic E-state index is -0.296. The summed E-state index contributed by atoms with van der Waals surface area (Å²) in [5, 5.41) is 4.69. The summed E-state index contributed by atoms with van der Waals surface area (Å²) in [6, 6.07) is 9.89. The molecule has 0 radical (unpaired) electrons. The third-order valence-electron chi connectivity index (χ3n) is 6.74. The van der Waals surface area contributed by atoms with Crippen LogP contribution in [0.2, 0.25) is 0 Å². The number of benzene rings is 2. The molecule has 0 unspecified atom stereocenters. The third-order valence-corrected chi connectivity index (χ3v) is 6.74. The first-order chi connectivity index (χ1) is 17.0. The lowest BCUT2D eigenvalue weighted by Gasteiger charge is -2.27. The smallest absolute Gasteiger partial charge is 0.274 e. The zero-order valence-electron chi connectivity index (χ0n) is 20.1. The molecule has 0 atom stereocenters. The van der Waals surface area contributed by atoms with Crippen LogP contribution >= 0.6 is 0 Å². The molecular weight excluding hydrogens is 449 g/mol. The molecule has 0 fully saturated rings. The number of hydrogen-bond acceptors (Lipinski definition) is 5. The molecule has 3 aromatic rings. The molecule has 0 saturated carbocycles. The zero-order chi connectivity index (χ0) is 24.5. The first-order valence-electron chi connectivity index (χ1n) is 11.7. The number of rotatable bonds is 6. The molecule has 7 nitrogen and oxygen atoms in total. The fourth-order valence-electron chi connectivity index (χ4n) is 4.96. The molecule has 0 N–H and O–H groups in total. The van der Waals surface area contributed by atoms with Crippen molar-refractivity contribution >= 4 is 11.5 Å². The quantitative estimate of drug-likeness (QED) is 0.525. The Kier molecular flexibility index (Phi) is 6.19. The van der Waals surface area contributed by atoms with Gasteiger partial charge in [0.25, 0.3) is 5.91 Å². The third kappa shape index (κ3) is 4.13. The van der Waals surface area contributed by atoms with Crippen LogP contribution in [0.4, 0.5) is 4.39 Å². The highest BCUT2D eigenvalue weighted by atomic mass is 19.1. The number of methoxy groups -OCH3 is 3. The molecule has 182 valence electrons. The van der Waals surface area contributed by atoms with Gasteiger partial charge in [-0.05, 0) is 55.5 Å². The molecule has 1 aliphatic heterocycles. The SMILES string of the molecule is COc1cc(OC)c(C2=CCN(C(=O)c3nn(-c4ccc(F)cc4)c4c3CCC4)CC2)c(OC)c1. The average Bonchev–Trinajstić information content (AvgIpc) is 3.51. The molecule has 5 rings (SSSR count). The number of carbonyl (C=O) groups excluding carboxylic acids is 1. The van der Waals surface area contributed by atoms with Crippen molar-refractivity contribution in [2.45, 2.75) is 25.7 Å². The van der Waals surface area contributed by atoms with Crippen molar-refractivity contribution in [3.05, 3.63) is 70.8 Å². The molecule has 2 heterocycles. The molecule has 1 amide bonds. The molecule has 8 heteroatoms. The van der Waals surface area contributed by atoms with Gasteiger partial charge in [-0.3, -0.25) is 4.79 Å². The molecule has 0 spiro atoms. The van der Waals surface area contributed by atoms with Gasteiger partial charge in [0.1, 0.15) is 23.1 Å². The fraction of sp³-hybridized carbons (Fsp3) is 0.333. The van der Waals surface area contributed by atoms with E-state index < -0.39 is 0 Å². The van der Waals surface area contributed by atoms with E-state index in [-0.39, 0.29) is 11.7 Å². The topological polar surface area (TPSA) is 65.8 Å². The molecule has 1 aliphatic carbocycles. The van der Waals surface area contributed by atoms with E-state index in [1.807, 2.05) is 23.1 Å². The van der Waals surface area contributed by atoms with Crippen LogP contribution in [-0.2, 0) is 12.8 Å². The van der Waals surface area contributed by atoms with E-state index in [1.165, 1.54) is 12.1 Å². The van der Waals surface area contributed by atoms with Gasteiger partial charge in [0, 0.05) is 36.5 Å². The van der Waals surface area contributed by atoms with Gasteiger partial charge in [-0.15, -0.1) is 0 Å². The van der Waals surface area contributed by atoms with Gasteiger partial charge in [0.2, 0.25) is 0 Å². The number of carbonyl (C=O) groups is 1. The monoisotopic (exact) mass is 477 g/mol. The lowest BCUT2D eigenvalue weighted by Crippen LogP contribution is -2.35. The van der Waals surface area contributed by atoms with Crippen LogP contribution in [0.1, 0.15) is 40.2 Å². The van der Waals surface area contributed by atoms with Crippen LogP contribution in [0.25, 0.3) is 11.3 Å². The molecular formula is C27H28FN3O4. The molecule has 1 aromatic heterocycles.